The third kappa shape index (κ3) is 1.75. The van der Waals surface area contributed by atoms with Crippen molar-refractivity contribution in [1.82, 2.24) is 0 Å². The van der Waals surface area contributed by atoms with Crippen LogP contribution in [0.15, 0.2) is 11.6 Å². The molecule has 0 aromatic carbocycles. The van der Waals surface area contributed by atoms with Crippen LogP contribution in [0.5, 0.6) is 0 Å². The van der Waals surface area contributed by atoms with E-state index in [1.54, 1.807) is 5.57 Å². The van der Waals surface area contributed by atoms with Gasteiger partial charge in [-0.15, -0.1) is 0 Å². The summed E-state index contributed by atoms with van der Waals surface area (Å²) in [6.45, 7) is 6.58. The summed E-state index contributed by atoms with van der Waals surface area (Å²) < 4.78 is 6.09. The highest BCUT2D eigenvalue weighted by molar-refractivity contribution is 5.19. The summed E-state index contributed by atoms with van der Waals surface area (Å²) in [6.07, 6.45) is 8.48. The maximum atomic E-state index is 6.09. The molecular weight excluding hydrogens is 172 g/mol. The molecule has 1 nitrogen and oxygen atoms in total. The van der Waals surface area contributed by atoms with Crippen LogP contribution >= 0.6 is 0 Å². The quantitative estimate of drug-likeness (QED) is 0.624. The average molecular weight is 194 g/mol. The molecule has 2 rings (SSSR count). The molecule has 1 heteroatoms. The van der Waals surface area contributed by atoms with Crippen molar-refractivity contribution in [3.63, 3.8) is 0 Å². The molecule has 2 fully saturated rings. The number of ether oxygens (including phenoxy) is 1. The van der Waals surface area contributed by atoms with E-state index < -0.39 is 0 Å². The lowest BCUT2D eigenvalue weighted by atomic mass is 9.92. The van der Waals surface area contributed by atoms with Gasteiger partial charge in [0.1, 0.15) is 0 Å². The van der Waals surface area contributed by atoms with Gasteiger partial charge in [0.2, 0.25) is 0 Å². The molecule has 2 aliphatic rings. The van der Waals surface area contributed by atoms with Gasteiger partial charge in [-0.2, -0.15) is 0 Å². The second-order valence-corrected chi connectivity index (χ2v) is 4.91. The van der Waals surface area contributed by atoms with Crippen LogP contribution in [0.25, 0.3) is 0 Å². The van der Waals surface area contributed by atoms with Crippen molar-refractivity contribution in [1.29, 1.82) is 0 Å². The summed E-state index contributed by atoms with van der Waals surface area (Å²) in [5, 5.41) is 0. The predicted molar refractivity (Wildman–Crippen MR) is 59.2 cm³/mol. The van der Waals surface area contributed by atoms with Gasteiger partial charge in [-0.25, -0.2) is 0 Å². The smallest absolute Gasteiger partial charge is 0.0646 e. The van der Waals surface area contributed by atoms with Crippen LogP contribution in [0.1, 0.15) is 46.5 Å². The second-order valence-electron chi connectivity index (χ2n) is 4.91. The molecule has 0 aliphatic heterocycles. The van der Waals surface area contributed by atoms with Crippen LogP contribution in [-0.2, 0) is 4.74 Å². The molecule has 2 bridgehead atoms. The van der Waals surface area contributed by atoms with Gasteiger partial charge in [0.25, 0.3) is 0 Å². The van der Waals surface area contributed by atoms with Gasteiger partial charge in [0.05, 0.1) is 12.2 Å². The molecule has 0 radical (unpaired) electrons. The van der Waals surface area contributed by atoms with Crippen LogP contribution in [0.4, 0.5) is 0 Å². The van der Waals surface area contributed by atoms with E-state index in [4.69, 9.17) is 4.74 Å². The first-order valence-corrected chi connectivity index (χ1v) is 6.05. The Hall–Kier alpha value is -0.300. The Balaban J connectivity index is 1.96. The van der Waals surface area contributed by atoms with E-state index >= 15 is 0 Å². The average Bonchev–Trinajstić information content (AvgIpc) is 2.75. The zero-order valence-corrected chi connectivity index (χ0v) is 9.62. The summed E-state index contributed by atoms with van der Waals surface area (Å²) in [7, 11) is 0. The fraction of sp³-hybridized carbons (Fsp3) is 0.846. The van der Waals surface area contributed by atoms with E-state index in [0.29, 0.717) is 12.2 Å². The van der Waals surface area contributed by atoms with E-state index in [0.717, 1.165) is 18.3 Å². The van der Waals surface area contributed by atoms with Crippen molar-refractivity contribution in [3.8, 4) is 0 Å². The Bertz CT molecular complexity index is 231. The molecule has 0 aromatic rings. The molecule has 14 heavy (non-hydrogen) atoms. The number of rotatable bonds is 3. The van der Waals surface area contributed by atoms with Crippen molar-refractivity contribution < 1.29 is 4.74 Å². The minimum Gasteiger partial charge on any atom is -0.375 e. The lowest BCUT2D eigenvalue weighted by molar-refractivity contribution is -0.0220. The van der Waals surface area contributed by atoms with Crippen molar-refractivity contribution in [2.24, 2.45) is 11.8 Å². The van der Waals surface area contributed by atoms with E-state index in [2.05, 4.69) is 26.8 Å². The number of allylic oxidation sites excluding steroid dienone is 1. The fourth-order valence-corrected chi connectivity index (χ4v) is 3.02. The van der Waals surface area contributed by atoms with E-state index in [1.807, 2.05) is 0 Å². The molecule has 0 heterocycles. The third-order valence-electron chi connectivity index (χ3n) is 3.96. The summed E-state index contributed by atoms with van der Waals surface area (Å²) in [4.78, 5) is 0. The van der Waals surface area contributed by atoms with Crippen LogP contribution in [0.3, 0.4) is 0 Å². The van der Waals surface area contributed by atoms with Crippen molar-refractivity contribution in [3.05, 3.63) is 11.6 Å². The number of hydrogen-bond donors (Lipinski definition) is 0. The SMILES string of the molecule is CC=C1CC2CC(OC(C)CC)C1C2. The van der Waals surface area contributed by atoms with Crippen LogP contribution in [-0.4, -0.2) is 12.2 Å². The Labute approximate surface area is 87.5 Å². The Kier molecular flexibility index (Phi) is 2.96. The number of hydrogen-bond acceptors (Lipinski definition) is 1. The molecular formula is C13H22O. The minimum absolute atomic E-state index is 0.442. The highest BCUT2D eigenvalue weighted by Crippen LogP contribution is 2.49. The summed E-state index contributed by atoms with van der Waals surface area (Å²) in [5.74, 6) is 1.69. The van der Waals surface area contributed by atoms with Crippen molar-refractivity contribution in [2.75, 3.05) is 0 Å². The molecule has 0 amide bonds. The zero-order valence-electron chi connectivity index (χ0n) is 9.62. The lowest BCUT2D eigenvalue weighted by Gasteiger charge is -2.27. The molecule has 0 saturated heterocycles. The topological polar surface area (TPSA) is 9.23 Å². The van der Waals surface area contributed by atoms with Gasteiger partial charge >= 0.3 is 0 Å². The maximum absolute atomic E-state index is 6.09. The van der Waals surface area contributed by atoms with Crippen LogP contribution in [0, 0.1) is 11.8 Å². The Morgan fingerprint density at radius 3 is 2.86 bits per heavy atom. The highest BCUT2D eigenvalue weighted by Gasteiger charge is 2.43. The molecule has 4 atom stereocenters. The maximum Gasteiger partial charge on any atom is 0.0646 e. The molecule has 0 spiro atoms. The lowest BCUT2D eigenvalue weighted by Crippen LogP contribution is -2.26. The second kappa shape index (κ2) is 4.06. The van der Waals surface area contributed by atoms with E-state index in [-0.39, 0.29) is 0 Å². The fourth-order valence-electron chi connectivity index (χ4n) is 3.02. The van der Waals surface area contributed by atoms with Gasteiger partial charge in [0.15, 0.2) is 0 Å². The van der Waals surface area contributed by atoms with E-state index in [9.17, 15) is 0 Å². The molecule has 4 unspecified atom stereocenters. The van der Waals surface area contributed by atoms with Gasteiger partial charge in [0, 0.05) is 5.92 Å². The van der Waals surface area contributed by atoms with Crippen LogP contribution in [0.2, 0.25) is 0 Å². The molecule has 2 saturated carbocycles. The first kappa shape index (κ1) is 10.2. The zero-order chi connectivity index (χ0) is 10.1. The minimum atomic E-state index is 0.442. The molecule has 0 aromatic heterocycles. The first-order valence-electron chi connectivity index (χ1n) is 6.05. The third-order valence-corrected chi connectivity index (χ3v) is 3.96. The Morgan fingerprint density at radius 2 is 2.29 bits per heavy atom. The molecule has 0 N–H and O–H groups in total. The Morgan fingerprint density at radius 1 is 1.50 bits per heavy atom. The van der Waals surface area contributed by atoms with Crippen LogP contribution < -0.4 is 0 Å². The van der Waals surface area contributed by atoms with Gasteiger partial charge in [-0.1, -0.05) is 18.6 Å². The molecule has 80 valence electrons. The normalized spacial score (nSPS) is 40.8. The molecule has 2 aliphatic carbocycles. The first-order chi connectivity index (χ1) is 6.74. The van der Waals surface area contributed by atoms with Crippen molar-refractivity contribution >= 4 is 0 Å². The highest BCUT2D eigenvalue weighted by atomic mass is 16.5. The standard InChI is InChI=1S/C13H22O/c1-4-9(3)14-13-8-10-6-11(5-2)12(13)7-10/h5,9-10,12-13H,4,6-8H2,1-3H3. The summed E-state index contributed by atoms with van der Waals surface area (Å²) in [6, 6.07) is 0. The summed E-state index contributed by atoms with van der Waals surface area (Å²) >= 11 is 0. The predicted octanol–water partition coefficient (Wildman–Crippen LogP) is 3.55. The van der Waals surface area contributed by atoms with Gasteiger partial charge < -0.3 is 4.74 Å². The largest absolute Gasteiger partial charge is 0.375 e. The number of fused-ring (bicyclic) bond motifs is 2. The van der Waals surface area contributed by atoms with E-state index in [1.165, 1.54) is 19.3 Å². The van der Waals surface area contributed by atoms with Crippen molar-refractivity contribution in [2.45, 2.75) is 58.7 Å². The van der Waals surface area contributed by atoms with Gasteiger partial charge in [-0.05, 0) is 45.4 Å². The summed E-state index contributed by atoms with van der Waals surface area (Å²) in [5.41, 5.74) is 1.66. The monoisotopic (exact) mass is 194 g/mol. The van der Waals surface area contributed by atoms with Gasteiger partial charge in [-0.3, -0.25) is 0 Å².